The zero-order chi connectivity index (χ0) is 18.1. The molecular weight excluding hydrogens is 372 g/mol. The van der Waals surface area contributed by atoms with E-state index in [-0.39, 0.29) is 6.10 Å². The predicted octanol–water partition coefficient (Wildman–Crippen LogP) is 3.90. The van der Waals surface area contributed by atoms with Crippen LogP contribution >= 0.6 is 22.9 Å². The molecule has 0 saturated heterocycles. The minimum atomic E-state index is -0.176. The Labute approximate surface area is 159 Å². The molecule has 0 radical (unpaired) electrons. The van der Waals surface area contributed by atoms with Crippen LogP contribution in [-0.2, 0) is 0 Å². The van der Waals surface area contributed by atoms with Crippen molar-refractivity contribution in [3.05, 3.63) is 29.0 Å². The van der Waals surface area contributed by atoms with E-state index in [0.29, 0.717) is 28.1 Å². The number of fused-ring (bicyclic) bond motifs is 1. The number of aliphatic hydroxyl groups excluding tert-OH is 1. The van der Waals surface area contributed by atoms with E-state index < -0.39 is 0 Å². The number of halogens is 1. The highest BCUT2D eigenvalue weighted by molar-refractivity contribution is 7.21. The van der Waals surface area contributed by atoms with Gasteiger partial charge in [0.25, 0.3) is 0 Å². The summed E-state index contributed by atoms with van der Waals surface area (Å²) in [7, 11) is 0. The average molecular weight is 391 g/mol. The van der Waals surface area contributed by atoms with Crippen LogP contribution in [0.15, 0.2) is 18.2 Å². The Hall–Kier alpha value is -2.03. The van der Waals surface area contributed by atoms with Crippen LogP contribution < -0.4 is 10.6 Å². The highest BCUT2D eigenvalue weighted by Crippen LogP contribution is 2.28. The number of hydrogen-bond donors (Lipinski definition) is 3. The number of aliphatic hydroxyl groups is 1. The van der Waals surface area contributed by atoms with Crippen LogP contribution in [0.3, 0.4) is 0 Å². The lowest BCUT2D eigenvalue weighted by atomic mass is 9.93. The third kappa shape index (κ3) is 4.03. The van der Waals surface area contributed by atoms with E-state index in [1.54, 1.807) is 6.07 Å². The molecule has 0 aromatic carbocycles. The first-order valence-corrected chi connectivity index (χ1v) is 9.75. The summed E-state index contributed by atoms with van der Waals surface area (Å²) in [6.07, 6.45) is 3.30. The zero-order valence-corrected chi connectivity index (χ0v) is 15.8. The molecule has 0 atom stereocenters. The van der Waals surface area contributed by atoms with E-state index >= 15 is 0 Å². The van der Waals surface area contributed by atoms with Crippen LogP contribution in [0.25, 0.3) is 10.3 Å². The van der Waals surface area contributed by atoms with Crippen molar-refractivity contribution in [3.8, 4) is 0 Å². The van der Waals surface area contributed by atoms with Gasteiger partial charge in [0.2, 0.25) is 5.95 Å². The largest absolute Gasteiger partial charge is 0.393 e. The first-order chi connectivity index (χ1) is 12.5. The summed E-state index contributed by atoms with van der Waals surface area (Å²) in [5.41, 5.74) is 1.66. The lowest BCUT2D eigenvalue weighted by molar-refractivity contribution is 0.126. The fourth-order valence-electron chi connectivity index (χ4n) is 3.06. The van der Waals surface area contributed by atoms with E-state index in [9.17, 15) is 5.11 Å². The minimum Gasteiger partial charge on any atom is -0.393 e. The second kappa shape index (κ2) is 7.30. The molecule has 1 aliphatic rings. The second-order valence-electron chi connectivity index (χ2n) is 6.47. The predicted molar refractivity (Wildman–Crippen MR) is 104 cm³/mol. The first kappa shape index (κ1) is 17.4. The van der Waals surface area contributed by atoms with Gasteiger partial charge in [-0.1, -0.05) is 22.9 Å². The van der Waals surface area contributed by atoms with Gasteiger partial charge in [0.1, 0.15) is 21.3 Å². The molecule has 3 N–H and O–H groups in total. The Bertz CT molecular complexity index is 925. The lowest BCUT2D eigenvalue weighted by Crippen LogP contribution is -2.29. The number of nitrogens with zero attached hydrogens (tertiary/aromatic N) is 4. The Kier molecular flexibility index (Phi) is 4.88. The van der Waals surface area contributed by atoms with Crippen LogP contribution in [-0.4, -0.2) is 37.2 Å². The van der Waals surface area contributed by atoms with Crippen LogP contribution in [0.2, 0.25) is 5.15 Å². The Balaban J connectivity index is 1.51. The van der Waals surface area contributed by atoms with Gasteiger partial charge in [-0.05, 0) is 44.7 Å². The maximum absolute atomic E-state index is 9.63. The van der Waals surface area contributed by atoms with Crippen LogP contribution in [0.1, 0.15) is 31.4 Å². The Morgan fingerprint density at radius 1 is 1.12 bits per heavy atom. The zero-order valence-electron chi connectivity index (χ0n) is 14.2. The highest BCUT2D eigenvalue weighted by Gasteiger charge is 2.20. The highest BCUT2D eigenvalue weighted by atomic mass is 35.5. The fourth-order valence-corrected chi connectivity index (χ4v) is 4.10. The molecule has 3 heterocycles. The molecule has 9 heteroatoms. The van der Waals surface area contributed by atoms with Gasteiger partial charge in [0.15, 0.2) is 5.13 Å². The SMILES string of the molecule is Cc1cc(Nc2nc3ccc(Cl)nc3s2)nc(NC2CCC(O)CC2)n1. The summed E-state index contributed by atoms with van der Waals surface area (Å²) in [6, 6.07) is 5.75. The fraction of sp³-hybridized carbons (Fsp3) is 0.412. The molecular formula is C17H19ClN6OS. The molecule has 7 nitrogen and oxygen atoms in total. The molecule has 0 aliphatic heterocycles. The van der Waals surface area contributed by atoms with Gasteiger partial charge in [-0.15, -0.1) is 0 Å². The molecule has 3 aromatic heterocycles. The molecule has 4 rings (SSSR count). The van der Waals surface area contributed by atoms with E-state index in [0.717, 1.165) is 41.7 Å². The van der Waals surface area contributed by atoms with Gasteiger partial charge in [-0.25, -0.2) is 15.0 Å². The summed E-state index contributed by atoms with van der Waals surface area (Å²) in [5, 5.41) is 17.4. The maximum Gasteiger partial charge on any atom is 0.225 e. The van der Waals surface area contributed by atoms with Gasteiger partial charge < -0.3 is 15.7 Å². The normalized spacial score (nSPS) is 20.3. The topological polar surface area (TPSA) is 95.9 Å². The molecule has 0 bridgehead atoms. The standard InChI is InChI=1S/C17H19ClN6OS/c1-9-8-14(23-16(19-9)20-10-2-4-11(25)5-3-10)24-17-21-12-6-7-13(18)22-15(12)26-17/h6-8,10-11,25H,2-5H2,1H3,(H2,19,20,21,23,24). The molecule has 1 fully saturated rings. The van der Waals surface area contributed by atoms with Crippen molar-refractivity contribution in [1.29, 1.82) is 0 Å². The number of thiazole rings is 1. The van der Waals surface area contributed by atoms with Crippen molar-refractivity contribution in [2.45, 2.75) is 44.8 Å². The van der Waals surface area contributed by atoms with Gasteiger partial charge in [-0.2, -0.15) is 4.98 Å². The molecule has 1 aliphatic carbocycles. The lowest BCUT2D eigenvalue weighted by Gasteiger charge is -2.26. The molecule has 0 amide bonds. The van der Waals surface area contributed by atoms with Gasteiger partial charge in [-0.3, -0.25) is 0 Å². The number of rotatable bonds is 4. The number of aryl methyl sites for hydroxylation is 1. The van der Waals surface area contributed by atoms with Crippen molar-refractivity contribution in [3.63, 3.8) is 0 Å². The van der Waals surface area contributed by atoms with E-state index in [1.165, 1.54) is 11.3 Å². The Morgan fingerprint density at radius 2 is 1.92 bits per heavy atom. The van der Waals surface area contributed by atoms with Crippen molar-refractivity contribution in [2.75, 3.05) is 10.6 Å². The molecule has 1 saturated carbocycles. The molecule has 26 heavy (non-hydrogen) atoms. The third-order valence-electron chi connectivity index (χ3n) is 4.34. The number of aromatic nitrogens is 4. The summed E-state index contributed by atoms with van der Waals surface area (Å²) < 4.78 is 0. The van der Waals surface area contributed by atoms with E-state index in [2.05, 4.69) is 30.6 Å². The molecule has 0 unspecified atom stereocenters. The molecule has 136 valence electrons. The minimum absolute atomic E-state index is 0.176. The van der Waals surface area contributed by atoms with Crippen LogP contribution in [0, 0.1) is 6.92 Å². The first-order valence-electron chi connectivity index (χ1n) is 8.55. The number of pyridine rings is 1. The quantitative estimate of drug-likeness (QED) is 0.581. The smallest absolute Gasteiger partial charge is 0.225 e. The van der Waals surface area contributed by atoms with Gasteiger partial charge >= 0.3 is 0 Å². The second-order valence-corrected chi connectivity index (χ2v) is 7.83. The monoisotopic (exact) mass is 390 g/mol. The average Bonchev–Trinajstić information content (AvgIpc) is 2.97. The summed E-state index contributed by atoms with van der Waals surface area (Å²) in [5.74, 6) is 1.28. The van der Waals surface area contributed by atoms with Crippen LogP contribution in [0.5, 0.6) is 0 Å². The van der Waals surface area contributed by atoms with Gasteiger partial charge in [0, 0.05) is 17.8 Å². The summed E-state index contributed by atoms with van der Waals surface area (Å²) in [4.78, 5) is 18.6. The summed E-state index contributed by atoms with van der Waals surface area (Å²) in [6.45, 7) is 1.93. The van der Waals surface area contributed by atoms with Crippen molar-refractivity contribution in [2.24, 2.45) is 0 Å². The molecule has 3 aromatic rings. The van der Waals surface area contributed by atoms with Gasteiger partial charge in [0.05, 0.1) is 6.10 Å². The third-order valence-corrected chi connectivity index (χ3v) is 5.43. The molecule has 0 spiro atoms. The van der Waals surface area contributed by atoms with Crippen molar-refractivity contribution >= 4 is 50.2 Å². The summed E-state index contributed by atoms with van der Waals surface area (Å²) >= 11 is 7.36. The van der Waals surface area contributed by atoms with Crippen LogP contribution in [0.4, 0.5) is 16.9 Å². The number of anilines is 3. The van der Waals surface area contributed by atoms with Crippen molar-refractivity contribution < 1.29 is 5.11 Å². The van der Waals surface area contributed by atoms with E-state index in [1.807, 2.05) is 19.1 Å². The Morgan fingerprint density at radius 3 is 2.73 bits per heavy atom. The van der Waals surface area contributed by atoms with Crippen molar-refractivity contribution in [1.82, 2.24) is 19.9 Å². The number of hydrogen-bond acceptors (Lipinski definition) is 8. The number of nitrogens with one attached hydrogen (secondary N) is 2. The maximum atomic E-state index is 9.63. The van der Waals surface area contributed by atoms with E-state index in [4.69, 9.17) is 11.6 Å².